The minimum Gasteiger partial charge on any atom is -0.247 e. The summed E-state index contributed by atoms with van der Waals surface area (Å²) < 4.78 is 49.8. The highest BCUT2D eigenvalue weighted by molar-refractivity contribution is 5.08. The summed E-state index contributed by atoms with van der Waals surface area (Å²) in [5, 5.41) is 0. The molecule has 0 amide bonds. The van der Waals surface area contributed by atoms with Crippen LogP contribution in [0.2, 0.25) is 0 Å². The number of hydrogen-bond acceptors (Lipinski definition) is 0. The molecule has 2 atom stereocenters. The molecule has 11 heavy (non-hydrogen) atoms. The lowest BCUT2D eigenvalue weighted by molar-refractivity contribution is -0.261. The third-order valence-corrected chi connectivity index (χ3v) is 2.38. The first kappa shape index (κ1) is 8.81. The molecule has 1 aliphatic carbocycles. The van der Waals surface area contributed by atoms with E-state index in [4.69, 9.17) is 0 Å². The van der Waals surface area contributed by atoms with Crippen LogP contribution in [-0.2, 0) is 0 Å². The molecule has 0 aromatic heterocycles. The Morgan fingerprint density at radius 2 is 1.91 bits per heavy atom. The lowest BCUT2D eigenvalue weighted by Gasteiger charge is -2.47. The van der Waals surface area contributed by atoms with Crippen LogP contribution in [0.1, 0.15) is 19.8 Å². The average molecular weight is 170 g/mol. The maximum absolute atomic E-state index is 12.7. The third-order valence-electron chi connectivity index (χ3n) is 2.38. The summed E-state index contributed by atoms with van der Waals surface area (Å²) in [6.07, 6.45) is -0.133. The molecule has 0 heterocycles. The Bertz CT molecular complexity index is 157. The van der Waals surface area contributed by atoms with Crippen molar-refractivity contribution in [3.05, 3.63) is 0 Å². The summed E-state index contributed by atoms with van der Waals surface area (Å²) in [5.41, 5.74) is -2.87. The molecule has 0 N–H and O–H groups in total. The first-order valence-electron chi connectivity index (χ1n) is 3.60. The van der Waals surface area contributed by atoms with Crippen LogP contribution in [0.15, 0.2) is 0 Å². The van der Waals surface area contributed by atoms with E-state index >= 15 is 0 Å². The molecule has 66 valence electrons. The number of halogens is 4. The Kier molecular flexibility index (Phi) is 1.89. The minimum absolute atomic E-state index is 0.207. The lowest BCUT2D eigenvalue weighted by Crippen LogP contribution is -2.62. The lowest BCUT2D eigenvalue weighted by atomic mass is 9.67. The second kappa shape index (κ2) is 2.35. The Labute approximate surface area is 62.6 Å². The Morgan fingerprint density at radius 3 is 2.18 bits per heavy atom. The predicted octanol–water partition coefficient (Wildman–Crippen LogP) is 2.73. The summed E-state index contributed by atoms with van der Waals surface area (Å²) >= 11 is 0. The van der Waals surface area contributed by atoms with Crippen molar-refractivity contribution >= 4 is 0 Å². The molecule has 0 radical (unpaired) electrons. The van der Waals surface area contributed by atoms with E-state index < -0.39 is 24.2 Å². The van der Waals surface area contributed by atoms with Crippen LogP contribution < -0.4 is 0 Å². The molecule has 4 heteroatoms. The van der Waals surface area contributed by atoms with E-state index in [2.05, 4.69) is 0 Å². The van der Waals surface area contributed by atoms with Crippen molar-refractivity contribution in [3.8, 4) is 0 Å². The van der Waals surface area contributed by atoms with Gasteiger partial charge in [0.2, 0.25) is 5.67 Å². The highest BCUT2D eigenvalue weighted by Gasteiger charge is 2.69. The molecule has 1 fully saturated rings. The quantitative estimate of drug-likeness (QED) is 0.559. The van der Waals surface area contributed by atoms with Gasteiger partial charge in [-0.05, 0) is 12.8 Å². The van der Waals surface area contributed by atoms with Crippen molar-refractivity contribution < 1.29 is 17.6 Å². The van der Waals surface area contributed by atoms with E-state index in [9.17, 15) is 17.6 Å². The molecule has 0 bridgehead atoms. The number of hydrogen-bond donors (Lipinski definition) is 0. The van der Waals surface area contributed by atoms with Crippen LogP contribution in [0.3, 0.4) is 0 Å². The topological polar surface area (TPSA) is 0 Å². The maximum atomic E-state index is 12.7. The molecule has 0 aliphatic heterocycles. The predicted molar refractivity (Wildman–Crippen MR) is 33.2 cm³/mol. The molecule has 0 spiro atoms. The van der Waals surface area contributed by atoms with Gasteiger partial charge in [-0.15, -0.1) is 0 Å². The first-order chi connectivity index (χ1) is 4.98. The van der Waals surface area contributed by atoms with Crippen LogP contribution in [0.5, 0.6) is 0 Å². The summed E-state index contributed by atoms with van der Waals surface area (Å²) in [6, 6.07) is 0. The van der Waals surface area contributed by atoms with Gasteiger partial charge in [0.05, 0.1) is 0 Å². The molecule has 0 saturated heterocycles. The maximum Gasteiger partial charge on any atom is 0.286 e. The zero-order chi connectivity index (χ0) is 8.70. The molecule has 0 nitrogen and oxygen atoms in total. The van der Waals surface area contributed by atoms with Crippen molar-refractivity contribution in [2.75, 3.05) is 6.67 Å². The van der Waals surface area contributed by atoms with E-state index in [1.807, 2.05) is 0 Å². The third kappa shape index (κ3) is 0.948. The van der Waals surface area contributed by atoms with Crippen LogP contribution in [-0.4, -0.2) is 18.3 Å². The van der Waals surface area contributed by atoms with Gasteiger partial charge < -0.3 is 0 Å². The van der Waals surface area contributed by atoms with Crippen molar-refractivity contribution in [2.45, 2.75) is 31.4 Å². The van der Waals surface area contributed by atoms with Crippen molar-refractivity contribution in [1.82, 2.24) is 0 Å². The van der Waals surface area contributed by atoms with Gasteiger partial charge in [-0.1, -0.05) is 6.92 Å². The van der Waals surface area contributed by atoms with Crippen LogP contribution in [0.25, 0.3) is 0 Å². The van der Waals surface area contributed by atoms with Gasteiger partial charge in [0.15, 0.2) is 0 Å². The second-order valence-electron chi connectivity index (χ2n) is 3.03. The summed E-state index contributed by atoms with van der Waals surface area (Å²) in [5.74, 6) is -4.42. The van der Waals surface area contributed by atoms with E-state index in [-0.39, 0.29) is 12.8 Å². The highest BCUT2D eigenvalue weighted by atomic mass is 19.3. The van der Waals surface area contributed by atoms with Gasteiger partial charge in [-0.25, -0.2) is 17.6 Å². The summed E-state index contributed by atoms with van der Waals surface area (Å²) in [6.45, 7) is -0.0209. The molecule has 1 rings (SSSR count). The van der Waals surface area contributed by atoms with Crippen molar-refractivity contribution in [1.29, 1.82) is 0 Å². The van der Waals surface area contributed by atoms with E-state index in [0.717, 1.165) is 0 Å². The normalized spacial score (nSPS) is 41.7. The monoisotopic (exact) mass is 170 g/mol. The van der Waals surface area contributed by atoms with Gasteiger partial charge in [0.25, 0.3) is 5.92 Å². The zero-order valence-corrected chi connectivity index (χ0v) is 6.21. The first-order valence-corrected chi connectivity index (χ1v) is 3.60. The van der Waals surface area contributed by atoms with Crippen molar-refractivity contribution in [2.24, 2.45) is 5.92 Å². The van der Waals surface area contributed by atoms with Gasteiger partial charge in [-0.2, -0.15) is 0 Å². The van der Waals surface area contributed by atoms with Crippen LogP contribution in [0, 0.1) is 5.92 Å². The molecule has 0 aromatic carbocycles. The highest BCUT2D eigenvalue weighted by Crippen LogP contribution is 2.55. The molecular formula is C7H10F4. The Balaban J connectivity index is 2.67. The molecule has 1 aliphatic rings. The van der Waals surface area contributed by atoms with Crippen LogP contribution in [0.4, 0.5) is 17.6 Å². The van der Waals surface area contributed by atoms with Gasteiger partial charge in [0, 0.05) is 5.92 Å². The summed E-state index contributed by atoms with van der Waals surface area (Å²) in [4.78, 5) is 0. The fourth-order valence-electron chi connectivity index (χ4n) is 1.43. The second-order valence-corrected chi connectivity index (χ2v) is 3.03. The number of rotatable bonds is 2. The number of alkyl halides is 4. The summed E-state index contributed by atoms with van der Waals surface area (Å²) in [7, 11) is 0. The molecule has 0 aromatic rings. The largest absolute Gasteiger partial charge is 0.286 e. The Morgan fingerprint density at radius 1 is 1.36 bits per heavy atom. The average Bonchev–Trinajstić information content (AvgIpc) is 1.99. The van der Waals surface area contributed by atoms with E-state index in [1.165, 1.54) is 0 Å². The zero-order valence-electron chi connectivity index (χ0n) is 6.21. The molecule has 2 unspecified atom stereocenters. The van der Waals surface area contributed by atoms with Gasteiger partial charge in [0.1, 0.15) is 6.67 Å². The van der Waals surface area contributed by atoms with E-state index in [0.29, 0.717) is 0 Å². The Hall–Kier alpha value is -0.280. The SMILES string of the molecule is CCC1CC(F)(CF)C1(F)F. The van der Waals surface area contributed by atoms with Gasteiger partial charge >= 0.3 is 0 Å². The molecular weight excluding hydrogens is 160 g/mol. The smallest absolute Gasteiger partial charge is 0.247 e. The minimum atomic E-state index is -3.45. The van der Waals surface area contributed by atoms with Gasteiger partial charge in [-0.3, -0.25) is 0 Å². The van der Waals surface area contributed by atoms with Crippen molar-refractivity contribution in [3.63, 3.8) is 0 Å². The van der Waals surface area contributed by atoms with E-state index in [1.54, 1.807) is 6.92 Å². The fourth-order valence-corrected chi connectivity index (χ4v) is 1.43. The van der Waals surface area contributed by atoms with Crippen LogP contribution >= 0.6 is 0 Å². The molecule has 1 saturated carbocycles. The standard InChI is InChI=1S/C7H10F4/c1-2-5-3-6(9,4-8)7(5,10)11/h5H,2-4H2,1H3. The fraction of sp³-hybridized carbons (Fsp3) is 1.00.